The van der Waals surface area contributed by atoms with E-state index in [1.807, 2.05) is 6.92 Å². The maximum Gasteiger partial charge on any atom is 0.410 e. The first-order valence-corrected chi connectivity index (χ1v) is 14.1. The third-order valence-corrected chi connectivity index (χ3v) is 9.92. The van der Waals surface area contributed by atoms with Crippen LogP contribution in [0, 0.1) is 5.92 Å². The Hall–Kier alpha value is -2.08. The van der Waals surface area contributed by atoms with Crippen molar-refractivity contribution in [2.45, 2.75) is 101 Å². The predicted octanol–water partition coefficient (Wildman–Crippen LogP) is 4.70. The first kappa shape index (κ1) is 23.3. The summed E-state index contributed by atoms with van der Waals surface area (Å²) in [6, 6.07) is 10.1. The number of ether oxygens (including phenoxy) is 1. The predicted molar refractivity (Wildman–Crippen MR) is 135 cm³/mol. The summed E-state index contributed by atoms with van der Waals surface area (Å²) in [6.07, 6.45) is 11.1. The van der Waals surface area contributed by atoms with Gasteiger partial charge in [0.2, 0.25) is 5.91 Å². The van der Waals surface area contributed by atoms with E-state index in [1.54, 1.807) is 0 Å². The SMILES string of the molecule is CCOC(=O)N1C2CCC1CC(N1CCC3(CC1)CN(C(=O)C1CCCC1)Cc1ccccc13)C2. The molecule has 6 rings (SSSR count). The molecule has 0 radical (unpaired) electrons. The third-order valence-electron chi connectivity index (χ3n) is 9.92. The van der Waals surface area contributed by atoms with Crippen LogP contribution in [-0.2, 0) is 21.5 Å². The van der Waals surface area contributed by atoms with Gasteiger partial charge < -0.3 is 19.4 Å². The highest BCUT2D eigenvalue weighted by atomic mass is 16.6. The zero-order valence-electron chi connectivity index (χ0n) is 21.3. The molecule has 6 nitrogen and oxygen atoms in total. The minimum atomic E-state index is -0.109. The normalized spacial score (nSPS) is 30.5. The van der Waals surface area contributed by atoms with Crippen LogP contribution in [0.25, 0.3) is 0 Å². The van der Waals surface area contributed by atoms with Gasteiger partial charge in [0, 0.05) is 42.5 Å². The van der Waals surface area contributed by atoms with E-state index in [4.69, 9.17) is 4.74 Å². The fraction of sp³-hybridized carbons (Fsp3) is 0.724. The number of piperidine rings is 2. The van der Waals surface area contributed by atoms with E-state index in [-0.39, 0.29) is 17.4 Å². The second-order valence-electron chi connectivity index (χ2n) is 11.8. The number of benzene rings is 1. The minimum absolute atomic E-state index is 0.0875. The molecular weight excluding hydrogens is 438 g/mol. The summed E-state index contributed by atoms with van der Waals surface area (Å²) in [7, 11) is 0. The van der Waals surface area contributed by atoms with Gasteiger partial charge in [0.25, 0.3) is 0 Å². The fourth-order valence-corrected chi connectivity index (χ4v) is 8.16. The van der Waals surface area contributed by atoms with E-state index in [2.05, 4.69) is 39.0 Å². The van der Waals surface area contributed by atoms with Crippen LogP contribution in [0.2, 0.25) is 0 Å². The lowest BCUT2D eigenvalue weighted by atomic mass is 9.68. The highest BCUT2D eigenvalue weighted by Gasteiger charge is 2.48. The fourth-order valence-electron chi connectivity index (χ4n) is 8.16. The molecule has 4 fully saturated rings. The topological polar surface area (TPSA) is 53.1 Å². The Balaban J connectivity index is 1.15. The molecule has 2 bridgehead atoms. The lowest BCUT2D eigenvalue weighted by Gasteiger charge is -2.51. The van der Waals surface area contributed by atoms with E-state index in [9.17, 15) is 9.59 Å². The van der Waals surface area contributed by atoms with Crippen LogP contribution in [0.1, 0.15) is 82.3 Å². The summed E-state index contributed by atoms with van der Waals surface area (Å²) in [4.78, 5) is 32.9. The van der Waals surface area contributed by atoms with Crippen molar-refractivity contribution >= 4 is 12.0 Å². The summed E-state index contributed by atoms with van der Waals surface area (Å²) in [6.45, 7) is 6.19. The molecule has 4 aliphatic heterocycles. The van der Waals surface area contributed by atoms with Crippen LogP contribution in [0.4, 0.5) is 4.79 Å². The molecule has 2 atom stereocenters. The average molecular weight is 480 g/mol. The Morgan fingerprint density at radius 1 is 0.971 bits per heavy atom. The van der Waals surface area contributed by atoms with Crippen LogP contribution in [-0.4, -0.2) is 71.1 Å². The molecule has 6 heteroatoms. The number of amides is 2. The maximum absolute atomic E-state index is 13.4. The summed E-state index contributed by atoms with van der Waals surface area (Å²) in [5.74, 6) is 0.652. The van der Waals surface area contributed by atoms with Crippen LogP contribution in [0.3, 0.4) is 0 Å². The number of rotatable bonds is 3. The van der Waals surface area contributed by atoms with Gasteiger partial charge in [0.1, 0.15) is 0 Å². The number of fused-ring (bicyclic) bond motifs is 4. The Morgan fingerprint density at radius 2 is 1.66 bits per heavy atom. The molecule has 1 saturated carbocycles. The number of carbonyl (C=O) groups excluding carboxylic acids is 2. The van der Waals surface area contributed by atoms with Crippen LogP contribution < -0.4 is 0 Å². The van der Waals surface area contributed by atoms with Gasteiger partial charge in [-0.15, -0.1) is 0 Å². The van der Waals surface area contributed by atoms with E-state index in [1.165, 1.54) is 24.0 Å². The molecule has 1 aliphatic carbocycles. The van der Waals surface area contributed by atoms with Gasteiger partial charge >= 0.3 is 6.09 Å². The van der Waals surface area contributed by atoms with E-state index < -0.39 is 0 Å². The average Bonchev–Trinajstić information content (AvgIpc) is 3.50. The second kappa shape index (κ2) is 9.42. The van der Waals surface area contributed by atoms with Crippen molar-refractivity contribution in [3.8, 4) is 0 Å². The lowest BCUT2D eigenvalue weighted by Crippen LogP contribution is -2.58. The van der Waals surface area contributed by atoms with Crippen molar-refractivity contribution in [2.75, 3.05) is 26.2 Å². The maximum atomic E-state index is 13.4. The highest BCUT2D eigenvalue weighted by Crippen LogP contribution is 2.45. The first-order valence-electron chi connectivity index (χ1n) is 14.1. The van der Waals surface area contributed by atoms with Gasteiger partial charge in [-0.3, -0.25) is 4.79 Å². The van der Waals surface area contributed by atoms with Gasteiger partial charge in [-0.25, -0.2) is 4.79 Å². The van der Waals surface area contributed by atoms with E-state index >= 15 is 0 Å². The number of carbonyl (C=O) groups is 2. The number of nitrogens with zero attached hydrogens (tertiary/aromatic N) is 3. The van der Waals surface area contributed by atoms with E-state index in [0.717, 1.165) is 77.5 Å². The molecule has 1 spiro atoms. The zero-order valence-corrected chi connectivity index (χ0v) is 21.3. The number of hydrogen-bond acceptors (Lipinski definition) is 4. The van der Waals surface area contributed by atoms with Gasteiger partial charge in [-0.1, -0.05) is 37.1 Å². The smallest absolute Gasteiger partial charge is 0.410 e. The van der Waals surface area contributed by atoms with Crippen molar-refractivity contribution in [3.63, 3.8) is 0 Å². The highest BCUT2D eigenvalue weighted by molar-refractivity contribution is 5.79. The summed E-state index contributed by atoms with van der Waals surface area (Å²) in [5.41, 5.74) is 2.94. The van der Waals surface area contributed by atoms with E-state index in [0.29, 0.717) is 30.6 Å². The molecular formula is C29H41N3O3. The molecule has 4 heterocycles. The van der Waals surface area contributed by atoms with Crippen molar-refractivity contribution in [1.82, 2.24) is 14.7 Å². The van der Waals surface area contributed by atoms with Crippen LogP contribution in [0.5, 0.6) is 0 Å². The third kappa shape index (κ3) is 4.16. The van der Waals surface area contributed by atoms with Gasteiger partial charge in [-0.2, -0.15) is 0 Å². The first-order chi connectivity index (χ1) is 17.1. The molecule has 1 aromatic rings. The van der Waals surface area contributed by atoms with Crippen molar-refractivity contribution in [3.05, 3.63) is 35.4 Å². The Labute approximate surface area is 210 Å². The van der Waals surface area contributed by atoms with Crippen molar-refractivity contribution < 1.29 is 14.3 Å². The minimum Gasteiger partial charge on any atom is -0.450 e. The van der Waals surface area contributed by atoms with Gasteiger partial charge in [0.05, 0.1) is 6.61 Å². The number of hydrogen-bond donors (Lipinski definition) is 0. The quantitative estimate of drug-likeness (QED) is 0.630. The van der Waals surface area contributed by atoms with Crippen molar-refractivity contribution in [1.29, 1.82) is 0 Å². The monoisotopic (exact) mass is 479 g/mol. The Kier molecular flexibility index (Phi) is 6.28. The van der Waals surface area contributed by atoms with Gasteiger partial charge in [-0.05, 0) is 82.5 Å². The summed E-state index contributed by atoms with van der Waals surface area (Å²) < 4.78 is 5.36. The molecule has 2 amide bonds. The lowest BCUT2D eigenvalue weighted by molar-refractivity contribution is -0.138. The Bertz CT molecular complexity index is 936. The molecule has 35 heavy (non-hydrogen) atoms. The summed E-state index contributed by atoms with van der Waals surface area (Å²) >= 11 is 0. The zero-order chi connectivity index (χ0) is 24.0. The largest absolute Gasteiger partial charge is 0.450 e. The number of likely N-dealkylation sites (tertiary alicyclic amines) is 1. The molecule has 0 aromatic heterocycles. The second-order valence-corrected chi connectivity index (χ2v) is 11.8. The van der Waals surface area contributed by atoms with Crippen LogP contribution in [0.15, 0.2) is 24.3 Å². The molecule has 5 aliphatic rings. The van der Waals surface area contributed by atoms with Crippen LogP contribution >= 0.6 is 0 Å². The standard InChI is InChI=1S/C29H41N3O3/c1-2-35-28(34)32-23-11-12-24(32)18-25(17-23)30-15-13-29(14-16-30)20-31(27(33)21-7-3-4-8-21)19-22-9-5-6-10-26(22)29/h5-6,9-10,21,23-25H,2-4,7-8,11-20H2,1H3. The molecule has 1 aromatic carbocycles. The summed E-state index contributed by atoms with van der Waals surface area (Å²) in [5, 5.41) is 0. The molecule has 2 unspecified atom stereocenters. The van der Waals surface area contributed by atoms with Crippen molar-refractivity contribution in [2.24, 2.45) is 5.92 Å². The molecule has 0 N–H and O–H groups in total. The Morgan fingerprint density at radius 3 is 2.34 bits per heavy atom. The molecule has 3 saturated heterocycles. The van der Waals surface area contributed by atoms with Gasteiger partial charge in [0.15, 0.2) is 0 Å². The molecule has 190 valence electrons.